The molecular weight excluding hydrogens is 376 g/mol. The molecule has 0 spiro atoms. The van der Waals surface area contributed by atoms with Crippen LogP contribution >= 0.6 is 11.6 Å². The van der Waals surface area contributed by atoms with E-state index in [-0.39, 0.29) is 5.91 Å². The number of anilines is 1. The van der Waals surface area contributed by atoms with Gasteiger partial charge < -0.3 is 14.6 Å². The molecule has 1 amide bonds. The molecule has 0 fully saturated rings. The van der Waals surface area contributed by atoms with Crippen LogP contribution in [0.5, 0.6) is 5.75 Å². The Morgan fingerprint density at radius 3 is 2.61 bits per heavy atom. The number of carbonyl (C=O) groups is 1. The molecule has 0 saturated carbocycles. The lowest BCUT2D eigenvalue weighted by molar-refractivity contribution is 0.102. The molecule has 0 atom stereocenters. The molecule has 140 valence electrons. The van der Waals surface area contributed by atoms with Gasteiger partial charge in [0.2, 0.25) is 0 Å². The van der Waals surface area contributed by atoms with Crippen molar-refractivity contribution in [2.45, 2.75) is 6.92 Å². The van der Waals surface area contributed by atoms with Crippen molar-refractivity contribution in [2.75, 3.05) is 12.4 Å². The molecule has 6 heteroatoms. The number of ether oxygens (including phenoxy) is 1. The molecule has 3 aromatic carbocycles. The Hall–Kier alpha value is -3.31. The summed E-state index contributed by atoms with van der Waals surface area (Å²) in [6.45, 7) is 1.96. The topological polar surface area (TPSA) is 64.4 Å². The van der Waals surface area contributed by atoms with Gasteiger partial charge in [0.05, 0.1) is 18.2 Å². The first-order chi connectivity index (χ1) is 13.5. The van der Waals surface area contributed by atoms with E-state index in [2.05, 4.69) is 10.5 Å². The summed E-state index contributed by atoms with van der Waals surface area (Å²) in [5, 5.41) is 8.39. The first-order valence-corrected chi connectivity index (χ1v) is 9.04. The quantitative estimate of drug-likeness (QED) is 0.482. The van der Waals surface area contributed by atoms with Crippen molar-refractivity contribution >= 4 is 34.1 Å². The number of aryl methyl sites for hydroxylation is 1. The van der Waals surface area contributed by atoms with Crippen LogP contribution in [0.4, 0.5) is 5.69 Å². The normalized spacial score (nSPS) is 10.8. The molecule has 1 heterocycles. The number of amides is 1. The fourth-order valence-corrected chi connectivity index (χ4v) is 3.13. The van der Waals surface area contributed by atoms with Crippen LogP contribution in [0.1, 0.15) is 15.9 Å². The summed E-state index contributed by atoms with van der Waals surface area (Å²) in [4.78, 5) is 12.8. The van der Waals surface area contributed by atoms with Crippen LogP contribution in [-0.4, -0.2) is 18.2 Å². The van der Waals surface area contributed by atoms with Crippen LogP contribution in [0.2, 0.25) is 5.02 Å². The second kappa shape index (κ2) is 7.37. The lowest BCUT2D eigenvalue weighted by Gasteiger charge is -2.11. The highest BCUT2D eigenvalue weighted by atomic mass is 35.5. The number of benzene rings is 3. The molecule has 4 aromatic rings. The second-order valence-electron chi connectivity index (χ2n) is 6.41. The van der Waals surface area contributed by atoms with Gasteiger partial charge in [-0.15, -0.1) is 0 Å². The van der Waals surface area contributed by atoms with E-state index in [4.69, 9.17) is 20.9 Å². The maximum Gasteiger partial charge on any atom is 0.255 e. The zero-order valence-electron chi connectivity index (χ0n) is 15.3. The van der Waals surface area contributed by atoms with Crippen LogP contribution in [0.15, 0.2) is 65.2 Å². The summed E-state index contributed by atoms with van der Waals surface area (Å²) in [5.74, 6) is 0.954. The van der Waals surface area contributed by atoms with Gasteiger partial charge in [-0.2, -0.15) is 0 Å². The summed E-state index contributed by atoms with van der Waals surface area (Å²) in [6, 6.07) is 18.1. The number of aromatic nitrogens is 1. The van der Waals surface area contributed by atoms with Crippen molar-refractivity contribution in [3.8, 4) is 17.1 Å². The SMILES string of the molecule is COc1ccc(C)cc1NC(=O)c1ccc2noc(-c3ccc(Cl)cc3)c2c1. The van der Waals surface area contributed by atoms with E-state index >= 15 is 0 Å². The van der Waals surface area contributed by atoms with Crippen LogP contribution < -0.4 is 10.1 Å². The van der Waals surface area contributed by atoms with E-state index in [1.807, 2.05) is 37.3 Å². The van der Waals surface area contributed by atoms with E-state index in [1.165, 1.54) is 0 Å². The maximum absolute atomic E-state index is 12.8. The zero-order valence-corrected chi connectivity index (χ0v) is 16.1. The molecule has 0 aliphatic heterocycles. The number of nitrogens with zero attached hydrogens (tertiary/aromatic N) is 1. The first-order valence-electron chi connectivity index (χ1n) is 8.66. The molecule has 4 rings (SSSR count). The average molecular weight is 393 g/mol. The third-order valence-corrected chi connectivity index (χ3v) is 4.70. The molecule has 0 unspecified atom stereocenters. The van der Waals surface area contributed by atoms with Gasteiger partial charge in [0, 0.05) is 16.1 Å². The highest BCUT2D eigenvalue weighted by Gasteiger charge is 2.15. The number of hydrogen-bond acceptors (Lipinski definition) is 4. The summed E-state index contributed by atoms with van der Waals surface area (Å²) in [7, 11) is 1.57. The highest BCUT2D eigenvalue weighted by molar-refractivity contribution is 6.30. The minimum atomic E-state index is -0.242. The number of halogens is 1. The first kappa shape index (κ1) is 18.1. The smallest absolute Gasteiger partial charge is 0.255 e. The zero-order chi connectivity index (χ0) is 19.7. The van der Waals surface area contributed by atoms with Crippen LogP contribution in [0, 0.1) is 6.92 Å². The lowest BCUT2D eigenvalue weighted by Crippen LogP contribution is -2.12. The van der Waals surface area contributed by atoms with Gasteiger partial charge in [-0.25, -0.2) is 0 Å². The average Bonchev–Trinajstić information content (AvgIpc) is 3.12. The Labute approximate surface area is 166 Å². The Morgan fingerprint density at radius 1 is 1.07 bits per heavy atom. The summed E-state index contributed by atoms with van der Waals surface area (Å²) in [5.41, 5.74) is 3.65. The van der Waals surface area contributed by atoms with Gasteiger partial charge >= 0.3 is 0 Å². The predicted molar refractivity (Wildman–Crippen MR) is 110 cm³/mol. The monoisotopic (exact) mass is 392 g/mol. The highest BCUT2D eigenvalue weighted by Crippen LogP contribution is 2.31. The largest absolute Gasteiger partial charge is 0.495 e. The molecule has 1 aromatic heterocycles. The van der Waals surface area contributed by atoms with Gasteiger partial charge in [-0.05, 0) is 67.1 Å². The number of hydrogen-bond donors (Lipinski definition) is 1. The summed E-state index contributed by atoms with van der Waals surface area (Å²) in [6.07, 6.45) is 0. The third-order valence-electron chi connectivity index (χ3n) is 4.45. The van der Waals surface area contributed by atoms with E-state index in [0.717, 1.165) is 16.5 Å². The van der Waals surface area contributed by atoms with Crippen molar-refractivity contribution < 1.29 is 14.1 Å². The fourth-order valence-electron chi connectivity index (χ4n) is 3.01. The molecule has 28 heavy (non-hydrogen) atoms. The summed E-state index contributed by atoms with van der Waals surface area (Å²) < 4.78 is 10.8. The van der Waals surface area contributed by atoms with Crippen molar-refractivity contribution in [1.29, 1.82) is 0 Å². The summed E-state index contributed by atoms with van der Waals surface area (Å²) >= 11 is 5.96. The number of carbonyl (C=O) groups excluding carboxylic acids is 1. The van der Waals surface area contributed by atoms with Gasteiger partial charge in [0.15, 0.2) is 5.76 Å². The third kappa shape index (κ3) is 3.44. The number of rotatable bonds is 4. The van der Waals surface area contributed by atoms with Gasteiger partial charge in [-0.1, -0.05) is 22.8 Å². The Bertz CT molecular complexity index is 1170. The Morgan fingerprint density at radius 2 is 1.86 bits per heavy atom. The molecular formula is C22H17ClN2O3. The molecule has 0 aliphatic rings. The minimum absolute atomic E-state index is 0.242. The van der Waals surface area contributed by atoms with Gasteiger partial charge in [0.25, 0.3) is 5.91 Å². The van der Waals surface area contributed by atoms with Crippen LogP contribution in [0.25, 0.3) is 22.2 Å². The molecule has 0 saturated heterocycles. The number of fused-ring (bicyclic) bond motifs is 1. The predicted octanol–water partition coefficient (Wildman–Crippen LogP) is 5.72. The second-order valence-corrected chi connectivity index (χ2v) is 6.84. The van der Waals surface area contributed by atoms with Crippen molar-refractivity contribution in [3.05, 3.63) is 76.8 Å². The van der Waals surface area contributed by atoms with E-state index in [9.17, 15) is 4.79 Å². The molecule has 1 N–H and O–H groups in total. The Kier molecular flexibility index (Phi) is 4.75. The number of methoxy groups -OCH3 is 1. The van der Waals surface area contributed by atoms with Gasteiger partial charge in [0.1, 0.15) is 11.3 Å². The Balaban J connectivity index is 1.69. The van der Waals surface area contributed by atoms with Crippen molar-refractivity contribution in [2.24, 2.45) is 0 Å². The van der Waals surface area contributed by atoms with Crippen molar-refractivity contribution in [1.82, 2.24) is 5.16 Å². The maximum atomic E-state index is 12.8. The van der Waals surface area contributed by atoms with E-state index in [1.54, 1.807) is 37.4 Å². The fraction of sp³-hybridized carbons (Fsp3) is 0.0909. The molecule has 0 radical (unpaired) electrons. The molecule has 0 aliphatic carbocycles. The van der Waals surface area contributed by atoms with Crippen LogP contribution in [0.3, 0.4) is 0 Å². The lowest BCUT2D eigenvalue weighted by atomic mass is 10.1. The standard InChI is InChI=1S/C22H17ClN2O3/c1-13-3-10-20(27-2)19(11-13)24-22(26)15-6-9-18-17(12-15)21(28-25-18)14-4-7-16(23)8-5-14/h3-12H,1-2H3,(H,24,26). The minimum Gasteiger partial charge on any atom is -0.495 e. The van der Waals surface area contributed by atoms with Crippen molar-refractivity contribution in [3.63, 3.8) is 0 Å². The van der Waals surface area contributed by atoms with E-state index in [0.29, 0.717) is 33.3 Å². The van der Waals surface area contributed by atoms with Gasteiger partial charge in [-0.3, -0.25) is 4.79 Å². The number of nitrogens with one attached hydrogen (secondary N) is 1. The molecule has 0 bridgehead atoms. The molecule has 5 nitrogen and oxygen atoms in total. The van der Waals surface area contributed by atoms with Crippen LogP contribution in [-0.2, 0) is 0 Å². The van der Waals surface area contributed by atoms with E-state index < -0.39 is 0 Å².